The van der Waals surface area contributed by atoms with Crippen LogP contribution in [0.15, 0.2) is 36.7 Å². The Bertz CT molecular complexity index is 984. The maximum absolute atomic E-state index is 4.94. The van der Waals surface area contributed by atoms with Gasteiger partial charge in [-0.1, -0.05) is 30.3 Å². The normalized spacial score (nSPS) is 14.0. The molecule has 4 nitrogen and oxygen atoms in total. The number of rotatable bonds is 2. The lowest BCUT2D eigenvalue weighted by Crippen LogP contribution is -2.02. The van der Waals surface area contributed by atoms with Gasteiger partial charge < -0.3 is 0 Å². The first-order valence-corrected chi connectivity index (χ1v) is 8.38. The number of aryl methyl sites for hydroxylation is 2. The van der Waals surface area contributed by atoms with Gasteiger partial charge in [0.05, 0.1) is 5.39 Å². The predicted octanol–water partition coefficient (Wildman–Crippen LogP) is 3.42. The Hall–Kier alpha value is -2.27. The Morgan fingerprint density at radius 3 is 2.95 bits per heavy atom. The van der Waals surface area contributed by atoms with Crippen molar-refractivity contribution in [2.45, 2.75) is 25.7 Å². The van der Waals surface area contributed by atoms with Crippen molar-refractivity contribution in [3.8, 4) is 0 Å². The number of hydrogen-bond donors (Lipinski definition) is 0. The molecule has 108 valence electrons. The summed E-state index contributed by atoms with van der Waals surface area (Å²) in [5, 5.41) is 9.74. The fourth-order valence-electron chi connectivity index (χ4n) is 3.37. The van der Waals surface area contributed by atoms with Crippen LogP contribution in [0.2, 0.25) is 0 Å². The molecule has 0 unspecified atom stereocenters. The second-order valence-electron chi connectivity index (χ2n) is 5.75. The van der Waals surface area contributed by atoms with E-state index in [0.717, 1.165) is 29.1 Å². The Balaban J connectivity index is 1.76. The molecule has 0 amide bonds. The van der Waals surface area contributed by atoms with Crippen LogP contribution in [0.25, 0.3) is 15.9 Å². The summed E-state index contributed by atoms with van der Waals surface area (Å²) < 4.78 is 2.06. The minimum absolute atomic E-state index is 0.799. The largest absolute Gasteiger partial charge is 0.268 e. The molecule has 4 aromatic rings. The molecule has 0 spiro atoms. The van der Waals surface area contributed by atoms with E-state index in [0.29, 0.717) is 0 Å². The zero-order valence-corrected chi connectivity index (χ0v) is 12.8. The summed E-state index contributed by atoms with van der Waals surface area (Å²) in [7, 11) is 0. The summed E-state index contributed by atoms with van der Waals surface area (Å²) in [5.41, 5.74) is 3.68. The van der Waals surface area contributed by atoms with Crippen molar-refractivity contribution in [2.24, 2.45) is 0 Å². The molecule has 0 aliphatic heterocycles. The van der Waals surface area contributed by atoms with Crippen LogP contribution in [0, 0.1) is 0 Å². The third kappa shape index (κ3) is 1.72. The molecule has 1 aliphatic carbocycles. The van der Waals surface area contributed by atoms with Crippen LogP contribution in [-0.2, 0) is 19.3 Å². The molecular formula is C17H14N4S. The summed E-state index contributed by atoms with van der Waals surface area (Å²) in [6.45, 7) is 0. The standard InChI is InChI=1S/C17H14N4S/c1-2-5-11(6-3-1)9-14-19-17-15(16-20-18-10-21(14)16)12-7-4-8-13(12)22-17/h1-3,5-6,10H,4,7-9H2. The van der Waals surface area contributed by atoms with Crippen LogP contribution in [0.1, 0.15) is 28.2 Å². The third-order valence-electron chi connectivity index (χ3n) is 4.39. The van der Waals surface area contributed by atoms with E-state index >= 15 is 0 Å². The molecule has 0 fully saturated rings. The van der Waals surface area contributed by atoms with Crippen molar-refractivity contribution >= 4 is 27.2 Å². The lowest BCUT2D eigenvalue weighted by molar-refractivity contribution is 0.913. The Kier molecular flexibility index (Phi) is 2.58. The van der Waals surface area contributed by atoms with Crippen LogP contribution in [0.3, 0.4) is 0 Å². The quantitative estimate of drug-likeness (QED) is 0.570. The van der Waals surface area contributed by atoms with Crippen LogP contribution < -0.4 is 0 Å². The lowest BCUT2D eigenvalue weighted by atomic mass is 10.1. The molecule has 0 saturated carbocycles. The number of benzene rings is 1. The lowest BCUT2D eigenvalue weighted by Gasteiger charge is -2.06. The highest BCUT2D eigenvalue weighted by molar-refractivity contribution is 7.19. The first-order chi connectivity index (χ1) is 10.9. The summed E-state index contributed by atoms with van der Waals surface area (Å²) >= 11 is 1.84. The van der Waals surface area contributed by atoms with Crippen LogP contribution in [0.5, 0.6) is 0 Å². The molecule has 0 saturated heterocycles. The minimum atomic E-state index is 0.799. The van der Waals surface area contributed by atoms with E-state index < -0.39 is 0 Å². The van der Waals surface area contributed by atoms with Gasteiger partial charge in [-0.15, -0.1) is 21.5 Å². The second-order valence-corrected chi connectivity index (χ2v) is 6.84. The highest BCUT2D eigenvalue weighted by Gasteiger charge is 2.22. The molecule has 5 rings (SSSR count). The van der Waals surface area contributed by atoms with Gasteiger partial charge in [0.2, 0.25) is 0 Å². The van der Waals surface area contributed by atoms with E-state index in [4.69, 9.17) is 4.98 Å². The van der Waals surface area contributed by atoms with Gasteiger partial charge >= 0.3 is 0 Å². The topological polar surface area (TPSA) is 43.1 Å². The van der Waals surface area contributed by atoms with Crippen LogP contribution in [0.4, 0.5) is 0 Å². The third-order valence-corrected chi connectivity index (χ3v) is 5.57. The fourth-order valence-corrected chi connectivity index (χ4v) is 4.64. The summed E-state index contributed by atoms with van der Waals surface area (Å²) in [6, 6.07) is 10.4. The maximum atomic E-state index is 4.94. The first-order valence-electron chi connectivity index (χ1n) is 7.57. The van der Waals surface area contributed by atoms with Crippen molar-refractivity contribution in [3.63, 3.8) is 0 Å². The number of thiophene rings is 1. The average molecular weight is 306 g/mol. The van der Waals surface area contributed by atoms with Crippen molar-refractivity contribution in [2.75, 3.05) is 0 Å². The zero-order chi connectivity index (χ0) is 14.5. The van der Waals surface area contributed by atoms with Crippen molar-refractivity contribution < 1.29 is 0 Å². The summed E-state index contributed by atoms with van der Waals surface area (Å²) in [6.07, 6.45) is 6.18. The van der Waals surface area contributed by atoms with Gasteiger partial charge in [0.1, 0.15) is 17.0 Å². The fraction of sp³-hybridized carbons (Fsp3) is 0.235. The molecular weight excluding hydrogens is 292 g/mol. The molecule has 0 radical (unpaired) electrons. The number of nitrogens with zero attached hydrogens (tertiary/aromatic N) is 4. The molecule has 1 aromatic carbocycles. The van der Waals surface area contributed by atoms with E-state index in [2.05, 4.69) is 38.9 Å². The minimum Gasteiger partial charge on any atom is -0.268 e. The molecule has 0 bridgehead atoms. The molecule has 22 heavy (non-hydrogen) atoms. The van der Waals surface area contributed by atoms with E-state index in [9.17, 15) is 0 Å². The zero-order valence-electron chi connectivity index (χ0n) is 12.0. The Labute approximate surface area is 131 Å². The molecule has 3 heterocycles. The summed E-state index contributed by atoms with van der Waals surface area (Å²) in [5.74, 6) is 1.01. The maximum Gasteiger partial charge on any atom is 0.172 e. The SMILES string of the molecule is c1ccc(Cc2nc3sc4c(c3c3nncn23)CCC4)cc1. The number of hydrogen-bond acceptors (Lipinski definition) is 4. The predicted molar refractivity (Wildman–Crippen MR) is 87.4 cm³/mol. The van der Waals surface area contributed by atoms with Gasteiger partial charge in [-0.05, 0) is 30.4 Å². The monoisotopic (exact) mass is 306 g/mol. The van der Waals surface area contributed by atoms with Crippen molar-refractivity contribution in [3.05, 3.63) is 58.5 Å². The van der Waals surface area contributed by atoms with Crippen LogP contribution >= 0.6 is 11.3 Å². The first kappa shape index (κ1) is 12.3. The van der Waals surface area contributed by atoms with Crippen molar-refractivity contribution in [1.29, 1.82) is 0 Å². The molecule has 0 atom stereocenters. The highest BCUT2D eigenvalue weighted by Crippen LogP contribution is 2.38. The molecule has 1 aliphatic rings. The Morgan fingerprint density at radius 2 is 2.05 bits per heavy atom. The van der Waals surface area contributed by atoms with E-state index in [1.807, 2.05) is 17.4 Å². The highest BCUT2D eigenvalue weighted by atomic mass is 32.1. The van der Waals surface area contributed by atoms with E-state index in [1.165, 1.54) is 34.2 Å². The Morgan fingerprint density at radius 1 is 1.14 bits per heavy atom. The van der Waals surface area contributed by atoms with Gasteiger partial charge in [0, 0.05) is 11.3 Å². The smallest absolute Gasteiger partial charge is 0.172 e. The van der Waals surface area contributed by atoms with Gasteiger partial charge in [-0.3, -0.25) is 4.40 Å². The van der Waals surface area contributed by atoms with Gasteiger partial charge in [0.25, 0.3) is 0 Å². The molecule has 5 heteroatoms. The average Bonchev–Trinajstić information content (AvgIpc) is 3.22. The number of fused-ring (bicyclic) bond motifs is 5. The van der Waals surface area contributed by atoms with E-state index in [1.54, 1.807) is 6.33 Å². The number of aromatic nitrogens is 4. The van der Waals surface area contributed by atoms with Crippen LogP contribution in [-0.4, -0.2) is 19.6 Å². The van der Waals surface area contributed by atoms with E-state index in [-0.39, 0.29) is 0 Å². The van der Waals surface area contributed by atoms with Gasteiger partial charge in [-0.25, -0.2) is 4.98 Å². The van der Waals surface area contributed by atoms with Gasteiger partial charge in [0.15, 0.2) is 5.65 Å². The molecule has 3 aromatic heterocycles. The second kappa shape index (κ2) is 4.61. The molecule has 0 N–H and O–H groups in total. The van der Waals surface area contributed by atoms with Gasteiger partial charge in [-0.2, -0.15) is 0 Å². The summed E-state index contributed by atoms with van der Waals surface area (Å²) in [4.78, 5) is 7.55. The van der Waals surface area contributed by atoms with Crippen molar-refractivity contribution in [1.82, 2.24) is 19.6 Å².